The van der Waals surface area contributed by atoms with E-state index in [9.17, 15) is 18.0 Å². The van der Waals surface area contributed by atoms with Crippen LogP contribution in [0.15, 0.2) is 53.4 Å². The summed E-state index contributed by atoms with van der Waals surface area (Å²) in [4.78, 5) is 37.8. The molecular weight excluding hydrogens is 630 g/mol. The molecule has 1 atom stereocenters. The Labute approximate surface area is 282 Å². The molecule has 12 heteroatoms. The van der Waals surface area contributed by atoms with Crippen molar-refractivity contribution in [2.24, 2.45) is 5.41 Å². The molecular formula is C36H45N5O6S. The fourth-order valence-corrected chi connectivity index (χ4v) is 7.80. The van der Waals surface area contributed by atoms with Gasteiger partial charge in [-0.25, -0.2) is 22.9 Å². The maximum Gasteiger partial charge on any atom is 0.407 e. The number of aromatic nitrogens is 2. The summed E-state index contributed by atoms with van der Waals surface area (Å²) in [6.07, 6.45) is 4.79. The Kier molecular flexibility index (Phi) is 9.39. The van der Waals surface area contributed by atoms with Crippen LogP contribution in [0.1, 0.15) is 87.2 Å². The molecule has 0 spiro atoms. The lowest BCUT2D eigenvalue weighted by Gasteiger charge is -2.43. The van der Waals surface area contributed by atoms with E-state index in [-0.39, 0.29) is 70.5 Å². The molecule has 2 fully saturated rings. The molecule has 2 saturated carbocycles. The van der Waals surface area contributed by atoms with Crippen LogP contribution in [0.5, 0.6) is 5.88 Å². The minimum atomic E-state index is -4.16. The number of fused-ring (bicyclic) bond motifs is 4. The highest BCUT2D eigenvalue weighted by molar-refractivity contribution is 7.92. The number of carbonyl (C=O) groups is 2. The fourth-order valence-electron chi connectivity index (χ4n) is 6.81. The van der Waals surface area contributed by atoms with E-state index in [1.807, 2.05) is 36.9 Å². The molecule has 0 saturated heterocycles. The van der Waals surface area contributed by atoms with E-state index in [0.717, 1.165) is 29.5 Å². The number of hydrogen-bond acceptors (Lipinski definition) is 8. The van der Waals surface area contributed by atoms with Gasteiger partial charge in [0.15, 0.2) is 0 Å². The van der Waals surface area contributed by atoms with Crippen LogP contribution in [0.3, 0.4) is 0 Å². The van der Waals surface area contributed by atoms with Gasteiger partial charge < -0.3 is 19.7 Å². The Balaban J connectivity index is 1.38. The third-order valence-electron chi connectivity index (χ3n) is 9.17. The predicted octanol–water partition coefficient (Wildman–Crippen LogP) is 6.40. The SMILES string of the molecule is Cc1cccc(C)c1-c1cc2nc(n1)NS(=O)(=O)c1cccc(c1)C(=O)N(C1CCC(NC(=O)OC3CC3)CC1)[C@H](CC(C)(C)C)CO2. The molecule has 1 aromatic heterocycles. The quantitative estimate of drug-likeness (QED) is 0.317. The fraction of sp³-hybridized carbons (Fsp3) is 0.500. The third kappa shape index (κ3) is 7.91. The summed E-state index contributed by atoms with van der Waals surface area (Å²) < 4.78 is 41.7. The molecule has 6 rings (SSSR count). The van der Waals surface area contributed by atoms with Crippen molar-refractivity contribution in [1.29, 1.82) is 0 Å². The first kappa shape index (κ1) is 33.7. The molecule has 2 aromatic carbocycles. The molecule has 48 heavy (non-hydrogen) atoms. The minimum absolute atomic E-state index is 0.0289. The van der Waals surface area contributed by atoms with E-state index in [4.69, 9.17) is 9.47 Å². The van der Waals surface area contributed by atoms with Crippen molar-refractivity contribution >= 4 is 28.0 Å². The first-order valence-electron chi connectivity index (χ1n) is 16.8. The number of ether oxygens (including phenoxy) is 2. The van der Waals surface area contributed by atoms with Crippen LogP contribution >= 0.6 is 0 Å². The second-order valence-corrected chi connectivity index (χ2v) is 16.2. The maximum absolute atomic E-state index is 14.5. The van der Waals surface area contributed by atoms with Crippen LogP contribution < -0.4 is 14.8 Å². The highest BCUT2D eigenvalue weighted by atomic mass is 32.2. The molecule has 11 nitrogen and oxygen atoms in total. The summed E-state index contributed by atoms with van der Waals surface area (Å²) in [6, 6.07) is 13.2. The Morgan fingerprint density at radius 3 is 2.35 bits per heavy atom. The lowest BCUT2D eigenvalue weighted by Crippen LogP contribution is -2.53. The molecule has 3 aliphatic rings. The van der Waals surface area contributed by atoms with Gasteiger partial charge in [-0.05, 0) is 93.5 Å². The average Bonchev–Trinajstić information content (AvgIpc) is 3.83. The second-order valence-electron chi connectivity index (χ2n) is 14.5. The number of rotatable bonds is 5. The van der Waals surface area contributed by atoms with Crippen molar-refractivity contribution in [3.8, 4) is 17.1 Å². The zero-order chi connectivity index (χ0) is 34.2. The Hall–Kier alpha value is -4.19. The Bertz CT molecular complexity index is 1770. The number of benzene rings is 2. The zero-order valence-corrected chi connectivity index (χ0v) is 29.1. The van der Waals surface area contributed by atoms with Crippen LogP contribution in [0.4, 0.5) is 10.7 Å². The summed E-state index contributed by atoms with van der Waals surface area (Å²) in [5.41, 5.74) is 3.46. The van der Waals surface area contributed by atoms with E-state index >= 15 is 0 Å². The van der Waals surface area contributed by atoms with Gasteiger partial charge in [-0.1, -0.05) is 45.0 Å². The zero-order valence-electron chi connectivity index (χ0n) is 28.3. The molecule has 2 amide bonds. The van der Waals surface area contributed by atoms with Gasteiger partial charge in [0.1, 0.15) is 12.7 Å². The highest BCUT2D eigenvalue weighted by Crippen LogP contribution is 2.34. The van der Waals surface area contributed by atoms with Crippen molar-refractivity contribution in [2.75, 3.05) is 11.3 Å². The number of aryl methyl sites for hydroxylation is 2. The van der Waals surface area contributed by atoms with E-state index < -0.39 is 10.0 Å². The van der Waals surface area contributed by atoms with Gasteiger partial charge in [0, 0.05) is 29.3 Å². The molecule has 0 radical (unpaired) electrons. The van der Waals surface area contributed by atoms with E-state index in [1.54, 1.807) is 18.2 Å². The smallest absolute Gasteiger partial charge is 0.407 e. The van der Waals surface area contributed by atoms with Crippen LogP contribution in [0, 0.1) is 19.3 Å². The van der Waals surface area contributed by atoms with Crippen molar-refractivity contribution in [2.45, 2.75) is 109 Å². The molecule has 2 aliphatic carbocycles. The predicted molar refractivity (Wildman–Crippen MR) is 182 cm³/mol. The van der Waals surface area contributed by atoms with Crippen molar-refractivity contribution in [1.82, 2.24) is 20.2 Å². The van der Waals surface area contributed by atoms with Crippen molar-refractivity contribution in [3.05, 3.63) is 65.2 Å². The maximum atomic E-state index is 14.5. The van der Waals surface area contributed by atoms with Gasteiger partial charge in [0.05, 0.1) is 16.6 Å². The first-order chi connectivity index (χ1) is 22.8. The van der Waals surface area contributed by atoms with Gasteiger partial charge >= 0.3 is 6.09 Å². The normalized spacial score (nSPS) is 22.6. The standard InChI is InChI=1S/C36H45N5O6S/c1-22-8-6-9-23(2)32(22)30-19-31-39-34(38-30)40-48(44,45)29-11-7-10-24(18-29)33(42)41(27(21-46-31)20-36(3,4)5)26-14-12-25(13-15-26)37-35(43)47-28-16-17-28/h6-11,18-19,25-28H,12-17,20-21H2,1-5H3,(H,37,43)(H,38,39,40)/t25?,26?,27-/m1/s1. The topological polar surface area (TPSA) is 140 Å². The van der Waals surface area contributed by atoms with Crippen LogP contribution in [-0.2, 0) is 14.8 Å². The first-order valence-corrected chi connectivity index (χ1v) is 18.3. The number of alkyl carbamates (subject to hydrolysis) is 1. The van der Waals surface area contributed by atoms with Crippen molar-refractivity contribution in [3.63, 3.8) is 0 Å². The summed E-state index contributed by atoms with van der Waals surface area (Å²) in [7, 11) is -4.16. The monoisotopic (exact) mass is 675 g/mol. The number of nitrogens with zero attached hydrogens (tertiary/aromatic N) is 3. The summed E-state index contributed by atoms with van der Waals surface area (Å²) >= 11 is 0. The molecule has 3 aromatic rings. The van der Waals surface area contributed by atoms with Gasteiger partial charge in [0.25, 0.3) is 15.9 Å². The Morgan fingerprint density at radius 1 is 1.00 bits per heavy atom. The lowest BCUT2D eigenvalue weighted by atomic mass is 9.84. The highest BCUT2D eigenvalue weighted by Gasteiger charge is 2.38. The molecule has 0 unspecified atom stereocenters. The number of sulfonamides is 1. The van der Waals surface area contributed by atoms with E-state index in [2.05, 4.69) is 40.8 Å². The third-order valence-corrected chi connectivity index (χ3v) is 10.5. The van der Waals surface area contributed by atoms with Gasteiger partial charge in [-0.3, -0.25) is 4.79 Å². The van der Waals surface area contributed by atoms with Crippen LogP contribution in [0.25, 0.3) is 11.3 Å². The van der Waals surface area contributed by atoms with Crippen molar-refractivity contribution < 1.29 is 27.5 Å². The average molecular weight is 676 g/mol. The number of nitrogens with one attached hydrogen (secondary N) is 2. The second kappa shape index (κ2) is 13.4. The molecule has 256 valence electrons. The molecule has 2 heterocycles. The lowest BCUT2D eigenvalue weighted by molar-refractivity contribution is 0.0304. The van der Waals surface area contributed by atoms with E-state index in [1.165, 1.54) is 12.1 Å². The van der Waals surface area contributed by atoms with Gasteiger partial charge in [-0.2, -0.15) is 4.98 Å². The summed E-state index contributed by atoms with van der Waals surface area (Å²) in [5, 5.41) is 3.00. The van der Waals surface area contributed by atoms with E-state index in [0.29, 0.717) is 37.8 Å². The summed E-state index contributed by atoms with van der Waals surface area (Å²) in [5.74, 6) is -0.168. The van der Waals surface area contributed by atoms with Gasteiger partial charge in [0.2, 0.25) is 11.8 Å². The largest absolute Gasteiger partial charge is 0.475 e. The number of hydrogen-bond donors (Lipinski definition) is 2. The molecule has 2 N–H and O–H groups in total. The molecule has 1 aliphatic heterocycles. The number of carbonyl (C=O) groups excluding carboxylic acids is 2. The van der Waals surface area contributed by atoms with Crippen LogP contribution in [-0.4, -0.2) is 66.1 Å². The minimum Gasteiger partial charge on any atom is -0.475 e. The van der Waals surface area contributed by atoms with Crippen LogP contribution in [0.2, 0.25) is 0 Å². The Morgan fingerprint density at radius 2 is 1.69 bits per heavy atom. The number of anilines is 1. The number of amides is 2. The molecule has 4 bridgehead atoms. The summed E-state index contributed by atoms with van der Waals surface area (Å²) in [6.45, 7) is 10.5. The van der Waals surface area contributed by atoms with Gasteiger partial charge in [-0.15, -0.1) is 0 Å².